The van der Waals surface area contributed by atoms with E-state index in [4.69, 9.17) is 0 Å². The Morgan fingerprint density at radius 2 is 1.93 bits per heavy atom. The molecule has 0 radical (unpaired) electrons. The quantitative estimate of drug-likeness (QED) is 0.439. The normalized spacial score (nSPS) is 24.3. The minimum atomic E-state index is -2.38. The number of allylic oxidation sites excluding steroid dienone is 1. The summed E-state index contributed by atoms with van der Waals surface area (Å²) in [6, 6.07) is 5.99. The topological polar surface area (TPSA) is 60.2 Å². The molecule has 1 heterocycles. The molecule has 1 aromatic rings. The van der Waals surface area contributed by atoms with Crippen molar-refractivity contribution in [3.8, 4) is 0 Å². The maximum absolute atomic E-state index is 12.2. The molecule has 4 nitrogen and oxygen atoms in total. The summed E-state index contributed by atoms with van der Waals surface area (Å²) in [5, 5.41) is 11.1. The van der Waals surface area contributed by atoms with Crippen LogP contribution in [0.5, 0.6) is 0 Å². The van der Waals surface area contributed by atoms with Crippen LogP contribution in [0.15, 0.2) is 36.2 Å². The summed E-state index contributed by atoms with van der Waals surface area (Å²) in [6.45, 7) is 0. The summed E-state index contributed by atoms with van der Waals surface area (Å²) >= 11 is 0. The van der Waals surface area contributed by atoms with Crippen LogP contribution in [-0.2, 0) is 4.57 Å². The van der Waals surface area contributed by atoms with Crippen LogP contribution in [0.25, 0.3) is 0 Å². The SMILES string of the molecule is O=[N+]([O-])c1ccc(P2(=O)C=CCC2)cc1. The summed E-state index contributed by atoms with van der Waals surface area (Å²) in [7, 11) is -2.38. The minimum absolute atomic E-state index is 0.0357. The first kappa shape index (κ1) is 10.1. The molecule has 0 saturated carbocycles. The van der Waals surface area contributed by atoms with Crippen molar-refractivity contribution in [3.63, 3.8) is 0 Å². The van der Waals surface area contributed by atoms with Crippen molar-refractivity contribution >= 4 is 18.1 Å². The summed E-state index contributed by atoms with van der Waals surface area (Å²) in [5.74, 6) is 1.74. The van der Waals surface area contributed by atoms with Crippen LogP contribution in [-0.4, -0.2) is 11.1 Å². The molecule has 1 aromatic carbocycles. The summed E-state index contributed by atoms with van der Waals surface area (Å²) in [4.78, 5) is 9.98. The Labute approximate surface area is 87.1 Å². The van der Waals surface area contributed by atoms with E-state index in [0.717, 1.165) is 6.42 Å². The van der Waals surface area contributed by atoms with Gasteiger partial charge >= 0.3 is 0 Å². The molecule has 0 N–H and O–H groups in total. The van der Waals surface area contributed by atoms with Gasteiger partial charge in [-0.3, -0.25) is 10.1 Å². The van der Waals surface area contributed by atoms with E-state index in [-0.39, 0.29) is 5.69 Å². The molecule has 0 amide bonds. The van der Waals surface area contributed by atoms with E-state index in [9.17, 15) is 14.7 Å². The third kappa shape index (κ3) is 1.85. The van der Waals surface area contributed by atoms with Crippen LogP contribution < -0.4 is 5.30 Å². The van der Waals surface area contributed by atoms with Gasteiger partial charge in [-0.2, -0.15) is 0 Å². The molecule has 1 unspecified atom stereocenters. The smallest absolute Gasteiger partial charge is 0.269 e. The van der Waals surface area contributed by atoms with Crippen LogP contribution in [0, 0.1) is 10.1 Å². The molecule has 0 bridgehead atoms. The van der Waals surface area contributed by atoms with Crippen molar-refractivity contribution in [2.24, 2.45) is 0 Å². The predicted octanol–water partition coefficient (Wildman–Crippen LogP) is 2.50. The molecular weight excluding hydrogens is 213 g/mol. The van der Waals surface area contributed by atoms with Gasteiger partial charge in [0.15, 0.2) is 0 Å². The monoisotopic (exact) mass is 223 g/mol. The van der Waals surface area contributed by atoms with Gasteiger partial charge in [0.1, 0.15) is 7.14 Å². The second kappa shape index (κ2) is 3.63. The van der Waals surface area contributed by atoms with Gasteiger partial charge in [0.2, 0.25) is 0 Å². The molecule has 0 spiro atoms. The van der Waals surface area contributed by atoms with E-state index < -0.39 is 12.1 Å². The lowest BCUT2D eigenvalue weighted by Crippen LogP contribution is -2.03. The van der Waals surface area contributed by atoms with Gasteiger partial charge in [0.25, 0.3) is 5.69 Å². The first-order chi connectivity index (χ1) is 7.12. The van der Waals surface area contributed by atoms with Crippen molar-refractivity contribution in [1.29, 1.82) is 0 Å². The molecule has 78 valence electrons. The summed E-state index contributed by atoms with van der Waals surface area (Å²) in [5.41, 5.74) is 0.0357. The number of hydrogen-bond acceptors (Lipinski definition) is 3. The second-order valence-corrected chi connectivity index (χ2v) is 6.32. The predicted molar refractivity (Wildman–Crippen MR) is 59.0 cm³/mol. The van der Waals surface area contributed by atoms with Crippen LogP contribution in [0.2, 0.25) is 0 Å². The molecule has 0 aliphatic carbocycles. The van der Waals surface area contributed by atoms with Crippen molar-refractivity contribution in [1.82, 2.24) is 0 Å². The van der Waals surface area contributed by atoms with Crippen LogP contribution in [0.3, 0.4) is 0 Å². The number of hydrogen-bond donors (Lipinski definition) is 0. The summed E-state index contributed by atoms with van der Waals surface area (Å²) < 4.78 is 12.2. The number of non-ortho nitro benzene ring substituents is 1. The van der Waals surface area contributed by atoms with E-state index in [0.29, 0.717) is 11.5 Å². The molecule has 0 saturated heterocycles. The Bertz CT molecular complexity index is 464. The van der Waals surface area contributed by atoms with Crippen LogP contribution >= 0.6 is 7.14 Å². The molecule has 1 aliphatic heterocycles. The average Bonchev–Trinajstić information content (AvgIpc) is 2.67. The third-order valence-corrected chi connectivity index (χ3v) is 5.26. The van der Waals surface area contributed by atoms with Crippen molar-refractivity contribution < 1.29 is 9.49 Å². The third-order valence-electron chi connectivity index (χ3n) is 2.47. The molecule has 0 fully saturated rings. The highest BCUT2D eigenvalue weighted by Crippen LogP contribution is 2.50. The van der Waals surface area contributed by atoms with Gasteiger partial charge in [-0.1, -0.05) is 6.08 Å². The van der Waals surface area contributed by atoms with Crippen LogP contribution in [0.4, 0.5) is 5.69 Å². The molecule has 1 atom stereocenters. The van der Waals surface area contributed by atoms with E-state index in [1.807, 2.05) is 6.08 Å². The number of benzene rings is 1. The Morgan fingerprint density at radius 3 is 2.40 bits per heavy atom. The lowest BCUT2D eigenvalue weighted by molar-refractivity contribution is -0.384. The highest BCUT2D eigenvalue weighted by molar-refractivity contribution is 7.74. The molecule has 0 aromatic heterocycles. The fourth-order valence-electron chi connectivity index (χ4n) is 1.63. The van der Waals surface area contributed by atoms with E-state index in [1.165, 1.54) is 12.1 Å². The summed E-state index contributed by atoms with van der Waals surface area (Å²) in [6.07, 6.45) is 3.38. The highest BCUT2D eigenvalue weighted by atomic mass is 31.2. The highest BCUT2D eigenvalue weighted by Gasteiger charge is 2.24. The molecular formula is C10H10NO3P. The Morgan fingerprint density at radius 1 is 1.27 bits per heavy atom. The Kier molecular flexibility index (Phi) is 2.45. The molecule has 1 aliphatic rings. The standard InChI is InChI=1S/C10H10NO3P/c12-11(13)9-3-5-10(6-4-9)15(14)7-1-2-8-15/h1,3-7H,2,8H2. The van der Waals surface area contributed by atoms with Gasteiger partial charge in [0.05, 0.1) is 4.92 Å². The maximum atomic E-state index is 12.2. The van der Waals surface area contributed by atoms with Gasteiger partial charge in [-0.05, 0) is 24.4 Å². The lowest BCUT2D eigenvalue weighted by atomic mass is 10.3. The zero-order valence-electron chi connectivity index (χ0n) is 8.00. The van der Waals surface area contributed by atoms with E-state index in [2.05, 4.69) is 0 Å². The number of nitrogens with zero attached hydrogens (tertiary/aromatic N) is 1. The van der Waals surface area contributed by atoms with Crippen molar-refractivity contribution in [2.45, 2.75) is 6.42 Å². The van der Waals surface area contributed by atoms with Gasteiger partial charge < -0.3 is 4.57 Å². The van der Waals surface area contributed by atoms with Gasteiger partial charge in [0, 0.05) is 23.6 Å². The zero-order chi connectivity index (χ0) is 10.9. The molecule has 15 heavy (non-hydrogen) atoms. The Balaban J connectivity index is 2.35. The first-order valence-electron chi connectivity index (χ1n) is 4.63. The zero-order valence-corrected chi connectivity index (χ0v) is 8.89. The fourth-order valence-corrected chi connectivity index (χ4v) is 3.88. The van der Waals surface area contributed by atoms with E-state index >= 15 is 0 Å². The largest absolute Gasteiger partial charge is 0.314 e. The molecule has 5 heteroatoms. The average molecular weight is 223 g/mol. The minimum Gasteiger partial charge on any atom is -0.314 e. The fraction of sp³-hybridized carbons (Fsp3) is 0.200. The number of nitro benzene ring substituents is 1. The lowest BCUT2D eigenvalue weighted by Gasteiger charge is -2.08. The maximum Gasteiger partial charge on any atom is 0.269 e. The van der Waals surface area contributed by atoms with Crippen molar-refractivity contribution in [3.05, 3.63) is 46.3 Å². The van der Waals surface area contributed by atoms with Crippen LogP contribution in [0.1, 0.15) is 6.42 Å². The number of nitro groups is 1. The first-order valence-corrected chi connectivity index (χ1v) is 6.59. The second-order valence-electron chi connectivity index (χ2n) is 3.47. The Hall–Kier alpha value is -1.41. The number of rotatable bonds is 2. The van der Waals surface area contributed by atoms with E-state index in [1.54, 1.807) is 17.9 Å². The van der Waals surface area contributed by atoms with Gasteiger partial charge in [-0.15, -0.1) is 0 Å². The van der Waals surface area contributed by atoms with Gasteiger partial charge in [-0.25, -0.2) is 0 Å². The van der Waals surface area contributed by atoms with Crippen molar-refractivity contribution in [2.75, 3.05) is 6.16 Å². The molecule has 2 rings (SSSR count).